The van der Waals surface area contributed by atoms with E-state index in [1.807, 2.05) is 60.7 Å². The molecule has 0 aliphatic heterocycles. The van der Waals surface area contributed by atoms with E-state index in [4.69, 9.17) is 9.84 Å². The van der Waals surface area contributed by atoms with Crippen molar-refractivity contribution in [3.05, 3.63) is 78.1 Å². The first-order chi connectivity index (χ1) is 12.2. The van der Waals surface area contributed by atoms with Gasteiger partial charge in [0.2, 0.25) is 0 Å². The molecule has 0 atom stereocenters. The Morgan fingerprint density at radius 1 is 1.00 bits per heavy atom. The topological polar surface area (TPSA) is 72.3 Å². The number of rotatable bonds is 7. The summed E-state index contributed by atoms with van der Waals surface area (Å²) in [6.07, 6.45) is 2.37. The molecule has 5 nitrogen and oxygen atoms in total. The molecular weight excluding hydrogens is 316 g/mol. The van der Waals surface area contributed by atoms with Crippen LogP contribution >= 0.6 is 0 Å². The molecule has 0 unspecified atom stereocenters. The summed E-state index contributed by atoms with van der Waals surface area (Å²) < 4.78 is 5.76. The molecule has 0 amide bonds. The van der Waals surface area contributed by atoms with Crippen molar-refractivity contribution in [1.29, 1.82) is 0 Å². The Hall–Kier alpha value is -3.21. The van der Waals surface area contributed by atoms with Gasteiger partial charge >= 0.3 is 5.97 Å². The number of nitrogens with zero attached hydrogens (tertiary/aromatic N) is 2. The number of aromatic nitrogens is 2. The summed E-state index contributed by atoms with van der Waals surface area (Å²) in [5.41, 5.74) is 2.74. The molecule has 0 fully saturated rings. The number of hydrogen-bond donors (Lipinski definition) is 1. The fourth-order valence-electron chi connectivity index (χ4n) is 2.36. The van der Waals surface area contributed by atoms with E-state index in [1.54, 1.807) is 6.20 Å². The van der Waals surface area contributed by atoms with Crippen LogP contribution < -0.4 is 4.74 Å². The maximum Gasteiger partial charge on any atom is 0.303 e. The van der Waals surface area contributed by atoms with Crippen molar-refractivity contribution in [2.24, 2.45) is 0 Å². The minimum absolute atomic E-state index is 0.128. The van der Waals surface area contributed by atoms with Gasteiger partial charge in [0.05, 0.1) is 5.69 Å². The maximum absolute atomic E-state index is 10.6. The first-order valence-corrected chi connectivity index (χ1v) is 8.01. The Labute approximate surface area is 146 Å². The monoisotopic (exact) mass is 334 g/mol. The minimum Gasteiger partial charge on any atom is -0.487 e. The number of benzene rings is 2. The van der Waals surface area contributed by atoms with Gasteiger partial charge in [0.25, 0.3) is 0 Å². The van der Waals surface area contributed by atoms with Crippen molar-refractivity contribution < 1.29 is 14.6 Å². The summed E-state index contributed by atoms with van der Waals surface area (Å²) >= 11 is 0. The molecule has 0 bridgehead atoms. The normalized spacial score (nSPS) is 10.4. The lowest BCUT2D eigenvalue weighted by atomic mass is 10.1. The van der Waals surface area contributed by atoms with E-state index in [2.05, 4.69) is 9.97 Å². The molecule has 0 aliphatic carbocycles. The largest absolute Gasteiger partial charge is 0.487 e. The molecule has 0 saturated carbocycles. The van der Waals surface area contributed by atoms with Crippen LogP contribution in [0.2, 0.25) is 0 Å². The minimum atomic E-state index is -0.793. The van der Waals surface area contributed by atoms with E-state index in [9.17, 15) is 4.79 Å². The van der Waals surface area contributed by atoms with Gasteiger partial charge in [0.1, 0.15) is 12.4 Å². The summed E-state index contributed by atoms with van der Waals surface area (Å²) in [6.45, 7) is 0.344. The zero-order valence-corrected chi connectivity index (χ0v) is 13.6. The van der Waals surface area contributed by atoms with Crippen LogP contribution in [0.1, 0.15) is 17.7 Å². The summed E-state index contributed by atoms with van der Waals surface area (Å²) in [6, 6.07) is 19.1. The Balaban J connectivity index is 1.61. The number of carboxylic acid groups (broad SMARTS) is 1. The number of aryl methyl sites for hydroxylation is 1. The van der Waals surface area contributed by atoms with Gasteiger partial charge in [-0.1, -0.05) is 42.5 Å². The van der Waals surface area contributed by atoms with Crippen molar-refractivity contribution in [2.45, 2.75) is 19.4 Å². The van der Waals surface area contributed by atoms with Gasteiger partial charge in [-0.15, -0.1) is 0 Å². The lowest BCUT2D eigenvalue weighted by Gasteiger charge is -2.08. The molecule has 0 aliphatic rings. The lowest BCUT2D eigenvalue weighted by molar-refractivity contribution is -0.136. The zero-order valence-electron chi connectivity index (χ0n) is 13.6. The Bertz CT molecular complexity index is 833. The molecule has 1 aromatic heterocycles. The van der Waals surface area contributed by atoms with E-state index in [-0.39, 0.29) is 6.42 Å². The Morgan fingerprint density at radius 2 is 1.76 bits per heavy atom. The van der Waals surface area contributed by atoms with Gasteiger partial charge in [-0.3, -0.25) is 4.79 Å². The molecular formula is C20H18N2O3. The number of hydrogen-bond acceptors (Lipinski definition) is 4. The summed E-state index contributed by atoms with van der Waals surface area (Å²) in [5, 5.41) is 8.71. The second-order valence-electron chi connectivity index (χ2n) is 5.56. The van der Waals surface area contributed by atoms with Gasteiger partial charge in [-0.05, 0) is 30.2 Å². The van der Waals surface area contributed by atoms with Crippen molar-refractivity contribution in [2.75, 3.05) is 0 Å². The van der Waals surface area contributed by atoms with Crippen molar-refractivity contribution >= 4 is 5.97 Å². The SMILES string of the molecule is O=C(O)CCc1ccc(OCc2ccnc(-c3ccccc3)n2)cc1. The van der Waals surface area contributed by atoms with Crippen molar-refractivity contribution in [3.63, 3.8) is 0 Å². The second-order valence-corrected chi connectivity index (χ2v) is 5.56. The molecule has 0 spiro atoms. The summed E-state index contributed by atoms with van der Waals surface area (Å²) in [4.78, 5) is 19.4. The zero-order chi connectivity index (χ0) is 17.5. The standard InChI is InChI=1S/C20H18N2O3/c23-19(24)11-8-15-6-9-18(10-7-15)25-14-17-12-13-21-20(22-17)16-4-2-1-3-5-16/h1-7,9-10,12-13H,8,11,14H2,(H,23,24). The van der Waals surface area contributed by atoms with Crippen LogP contribution in [0.3, 0.4) is 0 Å². The predicted octanol–water partition coefficient (Wildman–Crippen LogP) is 3.74. The van der Waals surface area contributed by atoms with Crippen LogP contribution in [-0.4, -0.2) is 21.0 Å². The van der Waals surface area contributed by atoms with Gasteiger partial charge < -0.3 is 9.84 Å². The lowest BCUT2D eigenvalue weighted by Crippen LogP contribution is -2.01. The second kappa shape index (κ2) is 8.06. The molecule has 1 heterocycles. The van der Waals surface area contributed by atoms with Crippen LogP contribution in [0.15, 0.2) is 66.9 Å². The molecule has 2 aromatic carbocycles. The molecule has 3 rings (SSSR count). The first-order valence-electron chi connectivity index (χ1n) is 8.01. The van der Waals surface area contributed by atoms with E-state index in [0.717, 1.165) is 22.6 Å². The molecule has 1 N–H and O–H groups in total. The number of carboxylic acids is 1. The van der Waals surface area contributed by atoms with Gasteiger partial charge in [-0.25, -0.2) is 9.97 Å². The molecule has 3 aromatic rings. The average molecular weight is 334 g/mol. The average Bonchev–Trinajstić information content (AvgIpc) is 2.66. The van der Waals surface area contributed by atoms with Crippen LogP contribution in [0.4, 0.5) is 0 Å². The Kier molecular flexibility index (Phi) is 5.36. The third-order valence-corrected chi connectivity index (χ3v) is 3.68. The summed E-state index contributed by atoms with van der Waals surface area (Å²) in [7, 11) is 0. The fraction of sp³-hybridized carbons (Fsp3) is 0.150. The maximum atomic E-state index is 10.6. The molecule has 0 saturated heterocycles. The van der Waals surface area contributed by atoms with E-state index in [1.165, 1.54) is 0 Å². The third-order valence-electron chi connectivity index (χ3n) is 3.68. The van der Waals surface area contributed by atoms with Crippen LogP contribution in [0.5, 0.6) is 5.75 Å². The van der Waals surface area contributed by atoms with E-state index in [0.29, 0.717) is 18.9 Å². The van der Waals surface area contributed by atoms with Gasteiger partial charge in [0.15, 0.2) is 5.82 Å². The van der Waals surface area contributed by atoms with Crippen LogP contribution in [0, 0.1) is 0 Å². The Morgan fingerprint density at radius 3 is 2.48 bits per heavy atom. The predicted molar refractivity (Wildman–Crippen MR) is 94.2 cm³/mol. The van der Waals surface area contributed by atoms with Crippen molar-refractivity contribution in [1.82, 2.24) is 9.97 Å². The quantitative estimate of drug-likeness (QED) is 0.712. The van der Waals surface area contributed by atoms with Gasteiger partial charge in [0, 0.05) is 18.2 Å². The number of ether oxygens (including phenoxy) is 1. The van der Waals surface area contributed by atoms with Crippen molar-refractivity contribution in [3.8, 4) is 17.1 Å². The fourth-order valence-corrected chi connectivity index (χ4v) is 2.36. The smallest absolute Gasteiger partial charge is 0.303 e. The van der Waals surface area contributed by atoms with Gasteiger partial charge in [-0.2, -0.15) is 0 Å². The molecule has 0 radical (unpaired) electrons. The highest BCUT2D eigenvalue weighted by Crippen LogP contribution is 2.17. The van der Waals surface area contributed by atoms with E-state index < -0.39 is 5.97 Å². The van der Waals surface area contributed by atoms with Crippen LogP contribution in [-0.2, 0) is 17.8 Å². The highest BCUT2D eigenvalue weighted by Gasteiger charge is 2.04. The molecule has 126 valence electrons. The number of carbonyl (C=O) groups is 1. The molecule has 25 heavy (non-hydrogen) atoms. The first kappa shape index (κ1) is 16.6. The van der Waals surface area contributed by atoms with Crippen LogP contribution in [0.25, 0.3) is 11.4 Å². The summed E-state index contributed by atoms with van der Waals surface area (Å²) in [5.74, 6) is 0.600. The molecule has 5 heteroatoms. The van der Waals surface area contributed by atoms with E-state index >= 15 is 0 Å². The third kappa shape index (κ3) is 4.88. The number of aliphatic carboxylic acids is 1. The highest BCUT2D eigenvalue weighted by atomic mass is 16.5. The highest BCUT2D eigenvalue weighted by molar-refractivity contribution is 5.67.